The van der Waals surface area contributed by atoms with E-state index in [1.54, 1.807) is 12.1 Å². The summed E-state index contributed by atoms with van der Waals surface area (Å²) in [5, 5.41) is 0. The van der Waals surface area contributed by atoms with Crippen molar-refractivity contribution in [3.05, 3.63) is 23.8 Å². The number of primary amides is 1. The summed E-state index contributed by atoms with van der Waals surface area (Å²) in [4.78, 5) is 16.1. The molecule has 2 atom stereocenters. The Kier molecular flexibility index (Phi) is 3.30. The molecule has 2 fully saturated rings. The van der Waals surface area contributed by atoms with E-state index >= 15 is 0 Å². The largest absolute Gasteiger partial charge is 0.397 e. The van der Waals surface area contributed by atoms with E-state index < -0.39 is 5.91 Å². The minimum absolute atomic E-state index is 0.433. The zero-order chi connectivity index (χ0) is 14.3. The molecule has 0 radical (unpaired) electrons. The normalized spacial score (nSPS) is 26.6. The molecule has 20 heavy (non-hydrogen) atoms. The smallest absolute Gasteiger partial charge is 0.248 e. The van der Waals surface area contributed by atoms with E-state index in [-0.39, 0.29) is 0 Å². The molecule has 5 heteroatoms. The topological polar surface area (TPSA) is 75.6 Å². The molecule has 1 amide bonds. The zero-order valence-electron chi connectivity index (χ0n) is 11.9. The molecule has 0 aliphatic carbocycles. The number of rotatable bonds is 2. The minimum Gasteiger partial charge on any atom is -0.397 e. The van der Waals surface area contributed by atoms with Gasteiger partial charge in [-0.15, -0.1) is 0 Å². The van der Waals surface area contributed by atoms with Gasteiger partial charge in [-0.05, 0) is 44.5 Å². The van der Waals surface area contributed by atoms with Gasteiger partial charge >= 0.3 is 0 Å². The summed E-state index contributed by atoms with van der Waals surface area (Å²) in [5.41, 5.74) is 13.6. The van der Waals surface area contributed by atoms with Crippen molar-refractivity contribution < 1.29 is 4.79 Å². The number of piperazine rings is 1. The van der Waals surface area contributed by atoms with Crippen LogP contribution in [0.3, 0.4) is 0 Å². The highest BCUT2D eigenvalue weighted by molar-refractivity contribution is 5.95. The Balaban J connectivity index is 1.86. The Bertz CT molecular complexity index is 531. The van der Waals surface area contributed by atoms with Crippen LogP contribution in [0.1, 0.15) is 30.1 Å². The fourth-order valence-electron chi connectivity index (χ4n) is 3.49. The summed E-state index contributed by atoms with van der Waals surface area (Å²) in [6.07, 6.45) is 2.56. The lowest BCUT2D eigenvalue weighted by atomic mass is 10.0. The number of nitrogens with two attached hydrogens (primary N) is 2. The second-order valence-electron chi connectivity index (χ2n) is 5.93. The number of amides is 1. The molecule has 2 unspecified atom stereocenters. The summed E-state index contributed by atoms with van der Waals surface area (Å²) < 4.78 is 0. The Hall–Kier alpha value is -1.75. The molecular formula is C15H22N4O. The summed E-state index contributed by atoms with van der Waals surface area (Å²) in [5.74, 6) is -0.433. The Morgan fingerprint density at radius 1 is 1.35 bits per heavy atom. The number of anilines is 2. The molecule has 4 N–H and O–H groups in total. The van der Waals surface area contributed by atoms with Crippen LogP contribution in [0.2, 0.25) is 0 Å². The van der Waals surface area contributed by atoms with Gasteiger partial charge in [-0.25, -0.2) is 0 Å². The van der Waals surface area contributed by atoms with E-state index in [0.29, 0.717) is 23.3 Å². The van der Waals surface area contributed by atoms with Crippen molar-refractivity contribution in [1.29, 1.82) is 0 Å². The van der Waals surface area contributed by atoms with Crippen LogP contribution in [0.15, 0.2) is 18.2 Å². The molecule has 0 aromatic heterocycles. The van der Waals surface area contributed by atoms with Gasteiger partial charge in [0.2, 0.25) is 5.91 Å². The third-order valence-electron chi connectivity index (χ3n) is 4.56. The molecule has 2 aliphatic rings. The second-order valence-corrected chi connectivity index (χ2v) is 5.93. The monoisotopic (exact) mass is 274 g/mol. The van der Waals surface area contributed by atoms with Crippen LogP contribution in [0, 0.1) is 0 Å². The first kappa shape index (κ1) is 13.2. The van der Waals surface area contributed by atoms with E-state index in [4.69, 9.17) is 11.5 Å². The maximum absolute atomic E-state index is 11.2. The SMILES string of the molecule is CC1CN2CCCC2CN1c1ccc(C(N)=O)cc1N. The maximum atomic E-state index is 11.2. The van der Waals surface area contributed by atoms with Crippen LogP contribution in [0.5, 0.6) is 0 Å². The summed E-state index contributed by atoms with van der Waals surface area (Å²) in [6, 6.07) is 6.46. The number of hydrogen-bond acceptors (Lipinski definition) is 4. The van der Waals surface area contributed by atoms with Gasteiger partial charge in [0.25, 0.3) is 0 Å². The summed E-state index contributed by atoms with van der Waals surface area (Å²) in [6.45, 7) is 5.55. The second kappa shape index (κ2) is 4.98. The van der Waals surface area contributed by atoms with E-state index in [1.165, 1.54) is 19.4 Å². The lowest BCUT2D eigenvalue weighted by molar-refractivity contribution is 0.100. The van der Waals surface area contributed by atoms with Crippen LogP contribution in [0.25, 0.3) is 0 Å². The first-order valence-corrected chi connectivity index (χ1v) is 7.26. The average Bonchev–Trinajstić information content (AvgIpc) is 2.84. The van der Waals surface area contributed by atoms with Crippen molar-refractivity contribution in [2.75, 3.05) is 30.3 Å². The Morgan fingerprint density at radius 2 is 2.15 bits per heavy atom. The standard InChI is InChI=1S/C15H22N4O/c1-10-8-18-6-2-3-12(18)9-19(10)14-5-4-11(15(17)20)7-13(14)16/h4-5,7,10,12H,2-3,6,8-9,16H2,1H3,(H2,17,20). The molecule has 0 bridgehead atoms. The molecule has 3 rings (SSSR count). The molecule has 0 spiro atoms. The molecule has 2 saturated heterocycles. The number of carbonyl (C=O) groups excluding carboxylic acids is 1. The van der Waals surface area contributed by atoms with Crippen LogP contribution < -0.4 is 16.4 Å². The molecule has 0 saturated carbocycles. The molecule has 108 valence electrons. The number of hydrogen-bond donors (Lipinski definition) is 2. The van der Waals surface area contributed by atoms with Crippen molar-refractivity contribution in [1.82, 2.24) is 4.90 Å². The van der Waals surface area contributed by atoms with Gasteiger partial charge in [-0.1, -0.05) is 0 Å². The van der Waals surface area contributed by atoms with Gasteiger partial charge in [0.1, 0.15) is 0 Å². The van der Waals surface area contributed by atoms with Gasteiger partial charge in [0.05, 0.1) is 11.4 Å². The molecule has 2 heterocycles. The Labute approximate surface area is 119 Å². The Morgan fingerprint density at radius 3 is 2.85 bits per heavy atom. The average molecular weight is 274 g/mol. The predicted octanol–water partition coefficient (Wildman–Crippen LogP) is 1.04. The lowest BCUT2D eigenvalue weighted by Gasteiger charge is -2.44. The molecule has 1 aromatic rings. The number of nitrogen functional groups attached to an aromatic ring is 1. The van der Waals surface area contributed by atoms with Crippen molar-refractivity contribution >= 4 is 17.3 Å². The van der Waals surface area contributed by atoms with Gasteiger partial charge < -0.3 is 16.4 Å². The van der Waals surface area contributed by atoms with Gasteiger partial charge in [-0.3, -0.25) is 9.69 Å². The van der Waals surface area contributed by atoms with E-state index in [9.17, 15) is 4.79 Å². The van der Waals surface area contributed by atoms with Crippen LogP contribution in [0.4, 0.5) is 11.4 Å². The molecule has 5 nitrogen and oxygen atoms in total. The van der Waals surface area contributed by atoms with E-state index in [0.717, 1.165) is 18.8 Å². The third kappa shape index (κ3) is 2.22. The summed E-state index contributed by atoms with van der Waals surface area (Å²) in [7, 11) is 0. The third-order valence-corrected chi connectivity index (χ3v) is 4.56. The van der Waals surface area contributed by atoms with Crippen LogP contribution >= 0.6 is 0 Å². The van der Waals surface area contributed by atoms with Gasteiger partial charge in [-0.2, -0.15) is 0 Å². The van der Waals surface area contributed by atoms with Crippen molar-refractivity contribution in [3.63, 3.8) is 0 Å². The van der Waals surface area contributed by atoms with E-state index in [2.05, 4.69) is 16.7 Å². The van der Waals surface area contributed by atoms with Crippen molar-refractivity contribution in [2.45, 2.75) is 31.8 Å². The molecule has 2 aliphatic heterocycles. The number of fused-ring (bicyclic) bond motifs is 1. The highest BCUT2D eigenvalue weighted by Gasteiger charge is 2.34. The maximum Gasteiger partial charge on any atom is 0.248 e. The molecule has 1 aromatic carbocycles. The van der Waals surface area contributed by atoms with E-state index in [1.807, 2.05) is 6.07 Å². The highest BCUT2D eigenvalue weighted by atomic mass is 16.1. The lowest BCUT2D eigenvalue weighted by Crippen LogP contribution is -2.55. The zero-order valence-corrected chi connectivity index (χ0v) is 11.9. The number of carbonyl (C=O) groups is 1. The van der Waals surface area contributed by atoms with Gasteiger partial charge in [0, 0.05) is 30.7 Å². The van der Waals surface area contributed by atoms with Crippen LogP contribution in [-0.4, -0.2) is 42.5 Å². The number of benzene rings is 1. The number of nitrogens with zero attached hydrogens (tertiary/aromatic N) is 2. The quantitative estimate of drug-likeness (QED) is 0.790. The fourth-order valence-corrected chi connectivity index (χ4v) is 3.49. The van der Waals surface area contributed by atoms with Gasteiger partial charge in [0.15, 0.2) is 0 Å². The first-order chi connectivity index (χ1) is 9.56. The fraction of sp³-hybridized carbons (Fsp3) is 0.533. The van der Waals surface area contributed by atoms with Crippen molar-refractivity contribution in [3.8, 4) is 0 Å². The molecular weight excluding hydrogens is 252 g/mol. The van der Waals surface area contributed by atoms with Crippen molar-refractivity contribution in [2.24, 2.45) is 5.73 Å². The summed E-state index contributed by atoms with van der Waals surface area (Å²) >= 11 is 0. The first-order valence-electron chi connectivity index (χ1n) is 7.26. The predicted molar refractivity (Wildman–Crippen MR) is 80.8 cm³/mol. The highest BCUT2D eigenvalue weighted by Crippen LogP contribution is 2.32. The van der Waals surface area contributed by atoms with Crippen LogP contribution in [-0.2, 0) is 0 Å². The minimum atomic E-state index is -0.433.